The summed E-state index contributed by atoms with van der Waals surface area (Å²) in [6.07, 6.45) is 9.84. The second-order valence-electron chi connectivity index (χ2n) is 5.23. The zero-order valence-corrected chi connectivity index (χ0v) is 14.1. The van der Waals surface area contributed by atoms with Gasteiger partial charge in [0.2, 0.25) is 0 Å². The first-order chi connectivity index (χ1) is 8.18. The number of halogens is 1. The van der Waals surface area contributed by atoms with Crippen molar-refractivity contribution >= 4 is 29.9 Å². The number of nitrogens with two attached hydrogens (primary N) is 1. The summed E-state index contributed by atoms with van der Waals surface area (Å²) in [7, 11) is 0. The van der Waals surface area contributed by atoms with E-state index in [-0.39, 0.29) is 24.0 Å². The maximum atomic E-state index is 5.79. The summed E-state index contributed by atoms with van der Waals surface area (Å²) < 4.78 is 0. The topological polar surface area (TPSA) is 50.4 Å². The number of hydrogen-bond donors (Lipinski definition) is 2. The van der Waals surface area contributed by atoms with E-state index in [0.29, 0.717) is 11.9 Å². The second kappa shape index (κ2) is 10.6. The average Bonchev–Trinajstić information content (AvgIpc) is 2.30. The molecule has 0 aromatic carbocycles. The van der Waals surface area contributed by atoms with Crippen LogP contribution in [0.3, 0.4) is 0 Å². The van der Waals surface area contributed by atoms with E-state index in [4.69, 9.17) is 5.73 Å². The lowest BCUT2D eigenvalue weighted by Crippen LogP contribution is -2.32. The van der Waals surface area contributed by atoms with Crippen molar-refractivity contribution in [3.63, 3.8) is 0 Å². The van der Waals surface area contributed by atoms with Gasteiger partial charge in [0.15, 0.2) is 5.96 Å². The lowest BCUT2D eigenvalue weighted by Gasteiger charge is -2.13. The van der Waals surface area contributed by atoms with E-state index < -0.39 is 0 Å². The molecule has 18 heavy (non-hydrogen) atoms. The first-order valence-corrected chi connectivity index (χ1v) is 6.90. The Balaban J connectivity index is 0.00000289. The molecule has 0 heterocycles. The van der Waals surface area contributed by atoms with Crippen LogP contribution in [0.5, 0.6) is 0 Å². The van der Waals surface area contributed by atoms with Gasteiger partial charge in [0.1, 0.15) is 0 Å². The van der Waals surface area contributed by atoms with Crippen molar-refractivity contribution in [2.75, 3.05) is 13.1 Å². The van der Waals surface area contributed by atoms with Crippen LogP contribution in [0.2, 0.25) is 0 Å². The van der Waals surface area contributed by atoms with Crippen LogP contribution in [0, 0.1) is 5.92 Å². The third-order valence-corrected chi connectivity index (χ3v) is 3.13. The molecular weight excluding hydrogens is 337 g/mol. The summed E-state index contributed by atoms with van der Waals surface area (Å²) in [5, 5.41) is 3.19. The minimum atomic E-state index is 0. The second-order valence-corrected chi connectivity index (χ2v) is 5.23. The molecule has 3 nitrogen and oxygen atoms in total. The average molecular weight is 365 g/mol. The number of allylic oxidation sites excluding steroid dienone is 1. The van der Waals surface area contributed by atoms with Gasteiger partial charge in [-0.15, -0.1) is 24.0 Å². The number of nitrogens with one attached hydrogen (secondary N) is 1. The van der Waals surface area contributed by atoms with Crippen LogP contribution in [0.15, 0.2) is 16.6 Å². The predicted octanol–water partition coefficient (Wildman–Crippen LogP) is 3.45. The molecule has 1 rings (SSSR count). The molecule has 0 fully saturated rings. The van der Waals surface area contributed by atoms with E-state index in [0.717, 1.165) is 25.9 Å². The van der Waals surface area contributed by atoms with Gasteiger partial charge in [-0.25, -0.2) is 0 Å². The maximum absolute atomic E-state index is 5.79. The molecule has 3 N–H and O–H groups in total. The molecule has 0 atom stereocenters. The van der Waals surface area contributed by atoms with Crippen molar-refractivity contribution in [3.8, 4) is 0 Å². The van der Waals surface area contributed by atoms with E-state index in [1.165, 1.54) is 25.7 Å². The smallest absolute Gasteiger partial charge is 0.188 e. The van der Waals surface area contributed by atoms with Crippen LogP contribution < -0.4 is 11.1 Å². The van der Waals surface area contributed by atoms with Crippen LogP contribution in [0.25, 0.3) is 0 Å². The number of nitrogens with zero attached hydrogens (tertiary/aromatic N) is 1. The lowest BCUT2D eigenvalue weighted by atomic mass is 9.97. The van der Waals surface area contributed by atoms with Gasteiger partial charge in [0.25, 0.3) is 0 Å². The Morgan fingerprint density at radius 2 is 2.22 bits per heavy atom. The molecular formula is C14H28IN3. The van der Waals surface area contributed by atoms with Gasteiger partial charge in [0, 0.05) is 13.1 Å². The normalized spacial score (nSPS) is 16.2. The summed E-state index contributed by atoms with van der Waals surface area (Å²) in [5.41, 5.74) is 7.38. The molecule has 1 aliphatic carbocycles. The van der Waals surface area contributed by atoms with Crippen molar-refractivity contribution in [3.05, 3.63) is 11.6 Å². The minimum absolute atomic E-state index is 0. The predicted molar refractivity (Wildman–Crippen MR) is 90.5 cm³/mol. The van der Waals surface area contributed by atoms with Gasteiger partial charge < -0.3 is 11.1 Å². The van der Waals surface area contributed by atoms with Gasteiger partial charge >= 0.3 is 0 Å². The fourth-order valence-electron chi connectivity index (χ4n) is 1.98. The number of hydrogen-bond acceptors (Lipinski definition) is 1. The highest BCUT2D eigenvalue weighted by atomic mass is 127. The fraction of sp³-hybridized carbons (Fsp3) is 0.786. The molecule has 0 bridgehead atoms. The summed E-state index contributed by atoms with van der Waals surface area (Å²) in [4.78, 5) is 4.31. The third-order valence-electron chi connectivity index (χ3n) is 3.13. The van der Waals surface area contributed by atoms with Crippen molar-refractivity contribution in [2.45, 2.75) is 52.4 Å². The number of aliphatic imine (C=N–C) groups is 1. The van der Waals surface area contributed by atoms with Crippen molar-refractivity contribution in [2.24, 2.45) is 16.6 Å². The zero-order chi connectivity index (χ0) is 12.5. The van der Waals surface area contributed by atoms with Crippen molar-refractivity contribution in [1.82, 2.24) is 5.32 Å². The summed E-state index contributed by atoms with van der Waals surface area (Å²) >= 11 is 0. The van der Waals surface area contributed by atoms with Gasteiger partial charge in [0.05, 0.1) is 0 Å². The van der Waals surface area contributed by atoms with Crippen LogP contribution in [0.1, 0.15) is 52.4 Å². The standard InChI is InChI=1S/C14H27N3.HI/c1-12(2)8-10-16-14(15)17-11-9-13-6-4-3-5-7-13;/h6,12H,3-5,7-11H2,1-2H3,(H3,15,16,17);1H. The van der Waals surface area contributed by atoms with E-state index >= 15 is 0 Å². The molecule has 0 aliphatic heterocycles. The zero-order valence-electron chi connectivity index (χ0n) is 11.7. The Morgan fingerprint density at radius 1 is 1.44 bits per heavy atom. The number of rotatable bonds is 6. The first-order valence-electron chi connectivity index (χ1n) is 6.90. The van der Waals surface area contributed by atoms with Gasteiger partial charge in [-0.1, -0.05) is 25.5 Å². The van der Waals surface area contributed by atoms with E-state index in [9.17, 15) is 0 Å². The van der Waals surface area contributed by atoms with Gasteiger partial charge in [-0.05, 0) is 44.4 Å². The maximum Gasteiger partial charge on any atom is 0.188 e. The largest absolute Gasteiger partial charge is 0.370 e. The van der Waals surface area contributed by atoms with Crippen LogP contribution in [-0.2, 0) is 0 Å². The molecule has 0 unspecified atom stereocenters. The highest BCUT2D eigenvalue weighted by Gasteiger charge is 2.03. The van der Waals surface area contributed by atoms with Crippen LogP contribution in [0.4, 0.5) is 0 Å². The minimum Gasteiger partial charge on any atom is -0.370 e. The van der Waals surface area contributed by atoms with Crippen LogP contribution in [-0.4, -0.2) is 19.0 Å². The third kappa shape index (κ3) is 8.78. The Labute approximate surface area is 129 Å². The van der Waals surface area contributed by atoms with Crippen molar-refractivity contribution in [1.29, 1.82) is 0 Å². The molecule has 0 aromatic rings. The Kier molecular flexibility index (Phi) is 10.5. The summed E-state index contributed by atoms with van der Waals surface area (Å²) in [6, 6.07) is 0. The highest BCUT2D eigenvalue weighted by molar-refractivity contribution is 14.0. The lowest BCUT2D eigenvalue weighted by molar-refractivity contribution is 0.595. The SMILES string of the molecule is CC(C)CCN=C(N)NCCC1=CCCCC1.I. The Hall–Kier alpha value is -0.260. The molecule has 0 aromatic heterocycles. The Bertz CT molecular complexity index is 272. The molecule has 0 radical (unpaired) electrons. The summed E-state index contributed by atoms with van der Waals surface area (Å²) in [6.45, 7) is 6.16. The van der Waals surface area contributed by atoms with E-state index in [1.807, 2.05) is 0 Å². The first kappa shape index (κ1) is 17.7. The van der Waals surface area contributed by atoms with Crippen LogP contribution >= 0.6 is 24.0 Å². The molecule has 0 amide bonds. The molecule has 1 aliphatic rings. The van der Waals surface area contributed by atoms with E-state index in [1.54, 1.807) is 5.57 Å². The Morgan fingerprint density at radius 3 is 2.83 bits per heavy atom. The molecule has 106 valence electrons. The molecule has 0 saturated carbocycles. The molecule has 0 spiro atoms. The fourth-order valence-corrected chi connectivity index (χ4v) is 1.98. The quantitative estimate of drug-likeness (QED) is 0.328. The van der Waals surface area contributed by atoms with Gasteiger partial charge in [-0.2, -0.15) is 0 Å². The molecule has 0 saturated heterocycles. The highest BCUT2D eigenvalue weighted by Crippen LogP contribution is 2.19. The number of guanidine groups is 1. The van der Waals surface area contributed by atoms with Crippen molar-refractivity contribution < 1.29 is 0 Å². The van der Waals surface area contributed by atoms with Gasteiger partial charge in [-0.3, -0.25) is 4.99 Å². The van der Waals surface area contributed by atoms with E-state index in [2.05, 4.69) is 30.2 Å². The molecule has 4 heteroatoms. The summed E-state index contributed by atoms with van der Waals surface area (Å²) in [5.74, 6) is 1.29. The monoisotopic (exact) mass is 365 g/mol.